The predicted octanol–water partition coefficient (Wildman–Crippen LogP) is 4.62. The lowest BCUT2D eigenvalue weighted by Crippen LogP contribution is -2.11. The van der Waals surface area contributed by atoms with Gasteiger partial charge in [-0.15, -0.1) is 0 Å². The van der Waals surface area contributed by atoms with E-state index in [1.54, 1.807) is 0 Å². The number of carbonyl (C=O) groups is 2. The number of unbranched alkanes of at least 4 members (excludes halogenated alkanes) is 4. The molecule has 0 heterocycles. The largest absolute Gasteiger partial charge is 0.452 e. The average Bonchev–Trinajstić information content (AvgIpc) is 2.93. The van der Waals surface area contributed by atoms with Crippen LogP contribution in [0.1, 0.15) is 64.7 Å². The third-order valence-corrected chi connectivity index (χ3v) is 3.26. The molecule has 1 rings (SSSR count). The summed E-state index contributed by atoms with van der Waals surface area (Å²) >= 11 is 0. The molecule has 0 aromatic carbocycles. The summed E-state index contributed by atoms with van der Waals surface area (Å²) in [5, 5.41) is 6.39. The van der Waals surface area contributed by atoms with Crippen LogP contribution in [0.2, 0.25) is 0 Å². The van der Waals surface area contributed by atoms with Gasteiger partial charge in [-0.1, -0.05) is 42.8 Å². The SMILES string of the molecule is CCCCCCCOC(=O)/N=N/C(=O)OC1CCCC1. The zero-order valence-corrected chi connectivity index (χ0v) is 12.2. The third kappa shape index (κ3) is 7.86. The highest BCUT2D eigenvalue weighted by atomic mass is 16.6. The van der Waals surface area contributed by atoms with E-state index >= 15 is 0 Å². The summed E-state index contributed by atoms with van der Waals surface area (Å²) in [6, 6.07) is 0. The van der Waals surface area contributed by atoms with Crippen LogP contribution in [0, 0.1) is 0 Å². The molecule has 1 saturated carbocycles. The third-order valence-electron chi connectivity index (χ3n) is 3.26. The lowest BCUT2D eigenvalue weighted by molar-refractivity contribution is 0.107. The summed E-state index contributed by atoms with van der Waals surface area (Å²) in [5.41, 5.74) is 0. The van der Waals surface area contributed by atoms with Gasteiger partial charge in [-0.05, 0) is 32.1 Å². The molecule has 0 unspecified atom stereocenters. The fourth-order valence-electron chi connectivity index (χ4n) is 2.15. The molecular formula is C14H24N2O4. The fourth-order valence-corrected chi connectivity index (χ4v) is 2.15. The zero-order chi connectivity index (χ0) is 14.6. The molecule has 0 radical (unpaired) electrons. The highest BCUT2D eigenvalue weighted by Gasteiger charge is 2.19. The van der Waals surface area contributed by atoms with Crippen LogP contribution in [-0.4, -0.2) is 24.9 Å². The van der Waals surface area contributed by atoms with Crippen LogP contribution < -0.4 is 0 Å². The van der Waals surface area contributed by atoms with Crippen molar-refractivity contribution in [3.63, 3.8) is 0 Å². The van der Waals surface area contributed by atoms with E-state index in [9.17, 15) is 9.59 Å². The monoisotopic (exact) mass is 284 g/mol. The lowest BCUT2D eigenvalue weighted by atomic mass is 10.2. The molecule has 0 bridgehead atoms. The number of ether oxygens (including phenoxy) is 2. The van der Waals surface area contributed by atoms with Crippen molar-refractivity contribution in [1.82, 2.24) is 0 Å². The van der Waals surface area contributed by atoms with Gasteiger partial charge in [0.2, 0.25) is 0 Å². The minimum absolute atomic E-state index is 0.0731. The van der Waals surface area contributed by atoms with Gasteiger partial charge in [-0.3, -0.25) is 0 Å². The normalized spacial score (nSPS) is 15.7. The molecule has 0 N–H and O–H groups in total. The number of nitrogens with zero attached hydrogens (tertiary/aromatic N) is 2. The lowest BCUT2D eigenvalue weighted by Gasteiger charge is -2.06. The topological polar surface area (TPSA) is 77.3 Å². The van der Waals surface area contributed by atoms with Gasteiger partial charge in [-0.2, -0.15) is 0 Å². The van der Waals surface area contributed by atoms with Gasteiger partial charge in [0, 0.05) is 0 Å². The summed E-state index contributed by atoms with van der Waals surface area (Å²) in [4.78, 5) is 22.4. The summed E-state index contributed by atoms with van der Waals surface area (Å²) in [6.07, 6.45) is 7.50. The summed E-state index contributed by atoms with van der Waals surface area (Å²) in [5.74, 6) is 0. The van der Waals surface area contributed by atoms with Gasteiger partial charge in [0.25, 0.3) is 0 Å². The molecule has 0 saturated heterocycles. The van der Waals surface area contributed by atoms with Crippen LogP contribution in [0.3, 0.4) is 0 Å². The number of rotatable bonds is 7. The Labute approximate surface area is 119 Å². The summed E-state index contributed by atoms with van der Waals surface area (Å²) in [7, 11) is 0. The predicted molar refractivity (Wildman–Crippen MR) is 73.7 cm³/mol. The number of carbonyl (C=O) groups excluding carboxylic acids is 2. The first-order valence-corrected chi connectivity index (χ1v) is 7.51. The summed E-state index contributed by atoms with van der Waals surface area (Å²) < 4.78 is 9.86. The van der Waals surface area contributed by atoms with Crippen molar-refractivity contribution >= 4 is 12.2 Å². The molecule has 20 heavy (non-hydrogen) atoms. The number of hydrogen-bond acceptors (Lipinski definition) is 4. The molecule has 0 aromatic heterocycles. The minimum atomic E-state index is -0.830. The van der Waals surface area contributed by atoms with Gasteiger partial charge >= 0.3 is 12.2 Å². The van der Waals surface area contributed by atoms with Crippen LogP contribution in [0.25, 0.3) is 0 Å². The Morgan fingerprint density at radius 1 is 1.00 bits per heavy atom. The first-order valence-electron chi connectivity index (χ1n) is 7.51. The highest BCUT2D eigenvalue weighted by molar-refractivity contribution is 5.73. The first-order chi connectivity index (χ1) is 9.72. The molecule has 1 aliphatic carbocycles. The van der Waals surface area contributed by atoms with Gasteiger partial charge in [-0.25, -0.2) is 9.59 Å². The van der Waals surface area contributed by atoms with Crippen molar-refractivity contribution in [1.29, 1.82) is 0 Å². The van der Waals surface area contributed by atoms with E-state index in [1.807, 2.05) is 0 Å². The van der Waals surface area contributed by atoms with Crippen LogP contribution >= 0.6 is 0 Å². The Hall–Kier alpha value is -1.46. The van der Waals surface area contributed by atoms with E-state index in [-0.39, 0.29) is 6.10 Å². The molecule has 0 atom stereocenters. The molecule has 0 aromatic rings. The van der Waals surface area contributed by atoms with Gasteiger partial charge in [0.15, 0.2) is 0 Å². The number of hydrogen-bond donors (Lipinski definition) is 0. The first kappa shape index (κ1) is 16.6. The maximum Gasteiger partial charge on any atom is 0.452 e. The standard InChI is InChI=1S/C14H24N2O4/c1-2-3-4-5-8-11-19-13(17)15-16-14(18)20-12-9-6-7-10-12/h12H,2-11H2,1H3/b16-15+. The minimum Gasteiger partial charge on any atom is -0.447 e. The van der Waals surface area contributed by atoms with Crippen LogP contribution in [0.15, 0.2) is 10.2 Å². The molecule has 1 fully saturated rings. The van der Waals surface area contributed by atoms with Gasteiger partial charge in [0.1, 0.15) is 6.10 Å². The number of azo groups is 1. The van der Waals surface area contributed by atoms with Crippen LogP contribution in [0.4, 0.5) is 9.59 Å². The van der Waals surface area contributed by atoms with Gasteiger partial charge in [0.05, 0.1) is 6.61 Å². The Morgan fingerprint density at radius 2 is 1.65 bits per heavy atom. The van der Waals surface area contributed by atoms with E-state index in [4.69, 9.17) is 9.47 Å². The molecule has 0 spiro atoms. The fraction of sp³-hybridized carbons (Fsp3) is 0.857. The second-order valence-electron chi connectivity index (χ2n) is 5.02. The van der Waals surface area contributed by atoms with Gasteiger partial charge < -0.3 is 9.47 Å². The average molecular weight is 284 g/mol. The van der Waals surface area contributed by atoms with Crippen molar-refractivity contribution in [2.45, 2.75) is 70.8 Å². The molecule has 114 valence electrons. The van der Waals surface area contributed by atoms with Crippen LogP contribution in [-0.2, 0) is 9.47 Å². The second-order valence-corrected chi connectivity index (χ2v) is 5.02. The van der Waals surface area contributed by atoms with Crippen molar-refractivity contribution < 1.29 is 19.1 Å². The molecular weight excluding hydrogens is 260 g/mol. The Morgan fingerprint density at radius 3 is 2.35 bits per heavy atom. The van der Waals surface area contributed by atoms with E-state index in [2.05, 4.69) is 17.2 Å². The van der Waals surface area contributed by atoms with Crippen molar-refractivity contribution in [3.8, 4) is 0 Å². The number of amides is 2. The Balaban J connectivity index is 2.05. The molecule has 6 nitrogen and oxygen atoms in total. The Kier molecular flexibility index (Phi) is 8.58. The van der Waals surface area contributed by atoms with E-state index in [1.165, 1.54) is 12.8 Å². The zero-order valence-electron chi connectivity index (χ0n) is 12.2. The molecule has 1 aliphatic rings. The molecule has 2 amide bonds. The van der Waals surface area contributed by atoms with Crippen molar-refractivity contribution in [2.24, 2.45) is 10.2 Å². The highest BCUT2D eigenvalue weighted by Crippen LogP contribution is 2.21. The van der Waals surface area contributed by atoms with E-state index < -0.39 is 12.2 Å². The maximum atomic E-state index is 11.3. The summed E-state index contributed by atoms with van der Waals surface area (Å²) in [6.45, 7) is 2.46. The van der Waals surface area contributed by atoms with E-state index in [0.717, 1.165) is 44.9 Å². The van der Waals surface area contributed by atoms with E-state index in [0.29, 0.717) is 6.61 Å². The smallest absolute Gasteiger partial charge is 0.447 e. The second kappa shape index (κ2) is 10.3. The quantitative estimate of drug-likeness (QED) is 0.504. The Bertz CT molecular complexity index is 325. The maximum absolute atomic E-state index is 11.3. The molecule has 0 aliphatic heterocycles. The van der Waals surface area contributed by atoms with Crippen molar-refractivity contribution in [3.05, 3.63) is 0 Å². The van der Waals surface area contributed by atoms with Crippen LogP contribution in [0.5, 0.6) is 0 Å². The van der Waals surface area contributed by atoms with Crippen molar-refractivity contribution in [2.75, 3.05) is 6.61 Å². The molecule has 6 heteroatoms.